The minimum Gasteiger partial charge on any atom is -0.323 e. The molecule has 1 aromatic carbocycles. The van der Waals surface area contributed by atoms with E-state index in [1.165, 1.54) is 27.6 Å². The van der Waals surface area contributed by atoms with Crippen molar-refractivity contribution in [1.82, 2.24) is 18.4 Å². The first kappa shape index (κ1) is 22.9. The van der Waals surface area contributed by atoms with E-state index in [1.807, 2.05) is 0 Å². The van der Waals surface area contributed by atoms with Crippen molar-refractivity contribution in [3.8, 4) is 0 Å². The SMILES string of the molecule is CN(C)S(=O)(=O)N(CCN1CCCC1)[C@H]1CCN(C(=O)Nc2cc(F)ccc2F)C1. The zero-order valence-corrected chi connectivity index (χ0v) is 18.2. The highest BCUT2D eigenvalue weighted by molar-refractivity contribution is 7.86. The number of hydrogen-bond acceptors (Lipinski definition) is 4. The molecule has 3 rings (SSSR count). The number of anilines is 1. The van der Waals surface area contributed by atoms with E-state index in [0.29, 0.717) is 26.1 Å². The maximum atomic E-state index is 13.8. The van der Waals surface area contributed by atoms with Crippen LogP contribution in [0.1, 0.15) is 19.3 Å². The summed E-state index contributed by atoms with van der Waals surface area (Å²) in [6.07, 6.45) is 2.72. The van der Waals surface area contributed by atoms with E-state index in [-0.39, 0.29) is 18.3 Å². The van der Waals surface area contributed by atoms with E-state index in [4.69, 9.17) is 0 Å². The Morgan fingerprint density at radius 2 is 1.90 bits per heavy atom. The van der Waals surface area contributed by atoms with Gasteiger partial charge in [0.25, 0.3) is 10.2 Å². The van der Waals surface area contributed by atoms with E-state index in [9.17, 15) is 22.0 Å². The second-order valence-electron chi connectivity index (χ2n) is 7.89. The number of carbonyl (C=O) groups excluding carboxylic acids is 1. The van der Waals surface area contributed by atoms with Crippen LogP contribution in [0.5, 0.6) is 0 Å². The molecule has 8 nitrogen and oxygen atoms in total. The summed E-state index contributed by atoms with van der Waals surface area (Å²) in [5, 5.41) is 2.38. The molecule has 168 valence electrons. The fourth-order valence-electron chi connectivity index (χ4n) is 3.89. The molecule has 2 saturated heterocycles. The molecule has 2 fully saturated rings. The molecule has 0 aliphatic carbocycles. The predicted octanol–water partition coefficient (Wildman–Crippen LogP) is 1.78. The summed E-state index contributed by atoms with van der Waals surface area (Å²) >= 11 is 0. The molecule has 1 aromatic rings. The maximum absolute atomic E-state index is 13.8. The second kappa shape index (κ2) is 9.54. The van der Waals surface area contributed by atoms with Crippen LogP contribution in [0, 0.1) is 11.6 Å². The molecular weight excluding hydrogens is 416 g/mol. The topological polar surface area (TPSA) is 76.2 Å². The van der Waals surface area contributed by atoms with Gasteiger partial charge in [-0.05, 0) is 44.5 Å². The molecule has 30 heavy (non-hydrogen) atoms. The number of benzene rings is 1. The summed E-state index contributed by atoms with van der Waals surface area (Å²) in [5.41, 5.74) is -0.241. The normalized spacial score (nSPS) is 20.5. The largest absolute Gasteiger partial charge is 0.323 e. The van der Waals surface area contributed by atoms with Gasteiger partial charge in [0.1, 0.15) is 11.6 Å². The average molecular weight is 446 g/mol. The van der Waals surface area contributed by atoms with Gasteiger partial charge in [-0.25, -0.2) is 13.6 Å². The third-order valence-electron chi connectivity index (χ3n) is 5.62. The van der Waals surface area contributed by atoms with Crippen molar-refractivity contribution in [1.29, 1.82) is 0 Å². The van der Waals surface area contributed by atoms with Crippen molar-refractivity contribution in [2.45, 2.75) is 25.3 Å². The molecule has 2 heterocycles. The minimum absolute atomic E-state index is 0.190. The number of hydrogen-bond donors (Lipinski definition) is 1. The molecule has 0 bridgehead atoms. The molecule has 2 aliphatic rings. The lowest BCUT2D eigenvalue weighted by Gasteiger charge is -2.32. The number of carbonyl (C=O) groups is 1. The first-order valence-electron chi connectivity index (χ1n) is 10.1. The van der Waals surface area contributed by atoms with Gasteiger partial charge in [-0.1, -0.05) is 0 Å². The van der Waals surface area contributed by atoms with Gasteiger partial charge in [-0.3, -0.25) is 0 Å². The van der Waals surface area contributed by atoms with E-state index in [0.717, 1.165) is 44.1 Å². The van der Waals surface area contributed by atoms with Gasteiger partial charge in [0.15, 0.2) is 0 Å². The Morgan fingerprint density at radius 3 is 2.57 bits per heavy atom. The fourth-order valence-corrected chi connectivity index (χ4v) is 5.17. The predicted molar refractivity (Wildman–Crippen MR) is 110 cm³/mol. The molecule has 0 unspecified atom stereocenters. The summed E-state index contributed by atoms with van der Waals surface area (Å²) in [6.45, 7) is 3.44. The van der Waals surface area contributed by atoms with Gasteiger partial charge in [0, 0.05) is 52.4 Å². The molecule has 0 aromatic heterocycles. The number of amides is 2. The molecule has 2 amide bonds. The maximum Gasteiger partial charge on any atom is 0.321 e. The molecule has 0 spiro atoms. The summed E-state index contributed by atoms with van der Waals surface area (Å²) in [5.74, 6) is -1.39. The van der Waals surface area contributed by atoms with Crippen LogP contribution >= 0.6 is 0 Å². The van der Waals surface area contributed by atoms with Crippen LogP contribution in [0.4, 0.5) is 19.3 Å². The van der Waals surface area contributed by atoms with E-state index in [2.05, 4.69) is 10.2 Å². The van der Waals surface area contributed by atoms with Crippen LogP contribution < -0.4 is 5.32 Å². The molecule has 0 saturated carbocycles. The van der Waals surface area contributed by atoms with Crippen LogP contribution in [0.15, 0.2) is 18.2 Å². The van der Waals surface area contributed by atoms with Crippen molar-refractivity contribution in [3.63, 3.8) is 0 Å². The van der Waals surface area contributed by atoms with Gasteiger partial charge >= 0.3 is 6.03 Å². The number of urea groups is 1. The highest BCUT2D eigenvalue weighted by atomic mass is 32.2. The van der Waals surface area contributed by atoms with Crippen molar-refractivity contribution in [2.24, 2.45) is 0 Å². The number of nitrogens with zero attached hydrogens (tertiary/aromatic N) is 4. The zero-order chi connectivity index (χ0) is 21.9. The lowest BCUT2D eigenvalue weighted by Crippen LogP contribution is -2.50. The first-order valence-corrected chi connectivity index (χ1v) is 11.5. The number of likely N-dealkylation sites (tertiary alicyclic amines) is 2. The van der Waals surface area contributed by atoms with Crippen LogP contribution in [0.3, 0.4) is 0 Å². The third-order valence-corrected chi connectivity index (χ3v) is 7.62. The monoisotopic (exact) mass is 445 g/mol. The highest BCUT2D eigenvalue weighted by Gasteiger charge is 2.37. The smallest absolute Gasteiger partial charge is 0.321 e. The third kappa shape index (κ3) is 5.26. The lowest BCUT2D eigenvalue weighted by atomic mass is 10.2. The van der Waals surface area contributed by atoms with E-state index < -0.39 is 27.9 Å². The average Bonchev–Trinajstić information content (AvgIpc) is 3.37. The Hall–Kier alpha value is -1.82. The van der Waals surface area contributed by atoms with Crippen LogP contribution in [-0.4, -0.2) is 92.3 Å². The van der Waals surface area contributed by atoms with E-state index >= 15 is 0 Å². The highest BCUT2D eigenvalue weighted by Crippen LogP contribution is 2.22. The Labute approximate surface area is 176 Å². The molecule has 11 heteroatoms. The number of rotatable bonds is 7. The second-order valence-corrected chi connectivity index (χ2v) is 9.99. The van der Waals surface area contributed by atoms with Crippen LogP contribution in [0.25, 0.3) is 0 Å². The van der Waals surface area contributed by atoms with E-state index in [1.54, 1.807) is 0 Å². The van der Waals surface area contributed by atoms with Crippen molar-refractivity contribution >= 4 is 21.9 Å². The molecular formula is C19H29F2N5O3S. The Morgan fingerprint density at radius 1 is 1.20 bits per heavy atom. The van der Waals surface area contributed by atoms with Crippen molar-refractivity contribution in [2.75, 3.05) is 58.7 Å². The van der Waals surface area contributed by atoms with Gasteiger partial charge in [-0.2, -0.15) is 17.0 Å². The van der Waals surface area contributed by atoms with Gasteiger partial charge in [0.2, 0.25) is 0 Å². The Balaban J connectivity index is 1.67. The molecule has 0 radical (unpaired) electrons. The van der Waals surface area contributed by atoms with Gasteiger partial charge in [-0.15, -0.1) is 0 Å². The Kier molecular flexibility index (Phi) is 7.27. The summed E-state index contributed by atoms with van der Waals surface area (Å²) in [7, 11) is -0.682. The standard InChI is InChI=1S/C19H29F2N5O3S/c1-23(2)30(28,29)26(12-11-24-8-3-4-9-24)16-7-10-25(14-16)19(27)22-18-13-15(20)5-6-17(18)21/h5-6,13,16H,3-4,7-12,14H2,1-2H3,(H,22,27)/t16-/m0/s1. The van der Waals surface area contributed by atoms with Crippen molar-refractivity contribution < 1.29 is 22.0 Å². The summed E-state index contributed by atoms with van der Waals surface area (Å²) < 4.78 is 55.6. The Bertz CT molecular complexity index is 862. The lowest BCUT2D eigenvalue weighted by molar-refractivity contribution is 0.214. The first-order chi connectivity index (χ1) is 14.2. The number of halogens is 2. The van der Waals surface area contributed by atoms with Crippen LogP contribution in [0.2, 0.25) is 0 Å². The molecule has 2 aliphatic heterocycles. The summed E-state index contributed by atoms with van der Waals surface area (Å²) in [6, 6.07) is 1.88. The van der Waals surface area contributed by atoms with Crippen molar-refractivity contribution in [3.05, 3.63) is 29.8 Å². The minimum atomic E-state index is -3.66. The molecule has 1 atom stereocenters. The fraction of sp³-hybridized carbons (Fsp3) is 0.632. The number of nitrogens with one attached hydrogen (secondary N) is 1. The van der Waals surface area contributed by atoms with Gasteiger partial charge in [0.05, 0.1) is 5.69 Å². The van der Waals surface area contributed by atoms with Crippen LogP contribution in [-0.2, 0) is 10.2 Å². The van der Waals surface area contributed by atoms with Gasteiger partial charge < -0.3 is 15.1 Å². The zero-order valence-electron chi connectivity index (χ0n) is 17.4. The molecule has 1 N–H and O–H groups in total. The quantitative estimate of drug-likeness (QED) is 0.694. The summed E-state index contributed by atoms with van der Waals surface area (Å²) in [4.78, 5) is 16.2.